The van der Waals surface area contributed by atoms with E-state index in [1.807, 2.05) is 72.8 Å². The molecule has 1 N–H and O–H groups in total. The number of fused-ring (bicyclic) bond motifs is 1. The molecule has 4 aromatic rings. The molecule has 2 aromatic carbocycles. The van der Waals surface area contributed by atoms with Crippen LogP contribution in [-0.4, -0.2) is 26.6 Å². The Bertz CT molecular complexity index is 1000. The zero-order valence-corrected chi connectivity index (χ0v) is 15.4. The standard InChI is InChI=1S/C21H18N4OS/c26-20(15-27-21-23-17-10-4-5-11-18(17)24-21)25(19-12-6-7-13-22-19)14-16-8-2-1-3-9-16/h1-13H,14-15H2,(H,23,24). The second kappa shape index (κ2) is 8.05. The summed E-state index contributed by atoms with van der Waals surface area (Å²) in [5.74, 6) is 0.919. The van der Waals surface area contributed by atoms with E-state index in [1.54, 1.807) is 11.1 Å². The summed E-state index contributed by atoms with van der Waals surface area (Å²) in [7, 11) is 0. The number of benzene rings is 2. The Morgan fingerprint density at radius 1 is 0.963 bits per heavy atom. The van der Waals surface area contributed by atoms with Crippen molar-refractivity contribution in [1.29, 1.82) is 0 Å². The van der Waals surface area contributed by atoms with Crippen LogP contribution in [-0.2, 0) is 11.3 Å². The fraction of sp³-hybridized carbons (Fsp3) is 0.0952. The van der Waals surface area contributed by atoms with Gasteiger partial charge in [-0.2, -0.15) is 0 Å². The molecule has 2 heterocycles. The molecule has 0 spiro atoms. The fourth-order valence-corrected chi connectivity index (χ4v) is 3.54. The van der Waals surface area contributed by atoms with Gasteiger partial charge < -0.3 is 4.98 Å². The lowest BCUT2D eigenvalue weighted by molar-refractivity contribution is -0.116. The van der Waals surface area contributed by atoms with E-state index in [1.165, 1.54) is 11.8 Å². The molecule has 0 aliphatic rings. The lowest BCUT2D eigenvalue weighted by atomic mass is 10.2. The Kier molecular flexibility index (Phi) is 5.16. The van der Waals surface area contributed by atoms with Gasteiger partial charge in [-0.15, -0.1) is 0 Å². The van der Waals surface area contributed by atoms with Gasteiger partial charge in [0.1, 0.15) is 5.82 Å². The third-order valence-electron chi connectivity index (χ3n) is 4.11. The van der Waals surface area contributed by atoms with Crippen LogP contribution in [0.25, 0.3) is 11.0 Å². The first-order chi connectivity index (χ1) is 13.3. The highest BCUT2D eigenvalue weighted by Gasteiger charge is 2.18. The van der Waals surface area contributed by atoms with E-state index in [9.17, 15) is 4.79 Å². The minimum absolute atomic E-state index is 0.0111. The smallest absolute Gasteiger partial charge is 0.238 e. The molecule has 27 heavy (non-hydrogen) atoms. The summed E-state index contributed by atoms with van der Waals surface area (Å²) >= 11 is 1.40. The number of carbonyl (C=O) groups excluding carboxylic acids is 1. The number of amides is 1. The first-order valence-corrected chi connectivity index (χ1v) is 9.61. The fourth-order valence-electron chi connectivity index (χ4n) is 2.78. The Labute approximate surface area is 161 Å². The molecule has 0 atom stereocenters. The summed E-state index contributed by atoms with van der Waals surface area (Å²) in [6.45, 7) is 0.484. The zero-order chi connectivity index (χ0) is 18.5. The molecule has 0 unspecified atom stereocenters. The number of para-hydroxylation sites is 2. The minimum atomic E-state index is -0.0111. The molecular formula is C21H18N4OS. The molecule has 1 amide bonds. The number of hydrogen-bond acceptors (Lipinski definition) is 4. The highest BCUT2D eigenvalue weighted by Crippen LogP contribution is 2.21. The van der Waals surface area contributed by atoms with Crippen LogP contribution in [0, 0.1) is 0 Å². The summed E-state index contributed by atoms with van der Waals surface area (Å²) < 4.78 is 0. The first-order valence-electron chi connectivity index (χ1n) is 8.62. The summed E-state index contributed by atoms with van der Waals surface area (Å²) in [4.78, 5) is 26.8. The lowest BCUT2D eigenvalue weighted by Gasteiger charge is -2.21. The van der Waals surface area contributed by atoms with Crippen molar-refractivity contribution in [2.75, 3.05) is 10.7 Å². The number of H-pyrrole nitrogens is 1. The van der Waals surface area contributed by atoms with Crippen LogP contribution in [0.4, 0.5) is 5.82 Å². The third-order valence-corrected chi connectivity index (χ3v) is 4.97. The van der Waals surface area contributed by atoms with Crippen molar-refractivity contribution in [2.24, 2.45) is 0 Å². The molecule has 134 valence electrons. The van der Waals surface area contributed by atoms with Crippen LogP contribution in [0.5, 0.6) is 0 Å². The maximum Gasteiger partial charge on any atom is 0.238 e. The van der Waals surface area contributed by atoms with Crippen molar-refractivity contribution in [3.05, 3.63) is 84.6 Å². The van der Waals surface area contributed by atoms with Crippen LogP contribution >= 0.6 is 11.8 Å². The number of anilines is 1. The van der Waals surface area contributed by atoms with Gasteiger partial charge in [-0.05, 0) is 29.8 Å². The molecule has 4 rings (SSSR count). The molecule has 0 radical (unpaired) electrons. The highest BCUT2D eigenvalue weighted by molar-refractivity contribution is 7.99. The number of carbonyl (C=O) groups is 1. The summed E-state index contributed by atoms with van der Waals surface area (Å²) in [6.07, 6.45) is 1.70. The molecule has 5 nitrogen and oxygen atoms in total. The molecular weight excluding hydrogens is 356 g/mol. The lowest BCUT2D eigenvalue weighted by Crippen LogP contribution is -2.32. The molecule has 0 bridgehead atoms. The van der Waals surface area contributed by atoms with Crippen molar-refractivity contribution in [1.82, 2.24) is 15.0 Å². The maximum atomic E-state index is 13.0. The van der Waals surface area contributed by atoms with Gasteiger partial charge in [-0.1, -0.05) is 60.3 Å². The van der Waals surface area contributed by atoms with Crippen LogP contribution in [0.2, 0.25) is 0 Å². The second-order valence-electron chi connectivity index (χ2n) is 6.00. The van der Waals surface area contributed by atoms with Gasteiger partial charge >= 0.3 is 0 Å². The highest BCUT2D eigenvalue weighted by atomic mass is 32.2. The summed E-state index contributed by atoms with van der Waals surface area (Å²) in [5, 5.41) is 0.741. The predicted octanol–water partition coefficient (Wildman–Crippen LogP) is 4.28. The van der Waals surface area contributed by atoms with E-state index in [0.717, 1.165) is 21.8 Å². The van der Waals surface area contributed by atoms with Crippen LogP contribution in [0.15, 0.2) is 84.1 Å². The number of aromatic amines is 1. The average molecular weight is 374 g/mol. The Hall–Kier alpha value is -3.12. The van der Waals surface area contributed by atoms with E-state index in [4.69, 9.17) is 0 Å². The number of aromatic nitrogens is 3. The number of nitrogens with zero attached hydrogens (tertiary/aromatic N) is 3. The van der Waals surface area contributed by atoms with E-state index in [2.05, 4.69) is 15.0 Å². The SMILES string of the molecule is O=C(CSc1nc2ccccc2[nH]1)N(Cc1ccccc1)c1ccccn1. The van der Waals surface area contributed by atoms with Crippen LogP contribution in [0.3, 0.4) is 0 Å². The minimum Gasteiger partial charge on any atom is -0.333 e. The number of thioether (sulfide) groups is 1. The van der Waals surface area contributed by atoms with E-state index < -0.39 is 0 Å². The summed E-state index contributed by atoms with van der Waals surface area (Å²) in [5.41, 5.74) is 2.93. The number of rotatable bonds is 6. The van der Waals surface area contributed by atoms with Gasteiger partial charge in [0.2, 0.25) is 5.91 Å². The van der Waals surface area contributed by atoms with Crippen molar-refractivity contribution in [3.63, 3.8) is 0 Å². The van der Waals surface area contributed by atoms with Gasteiger partial charge in [0.25, 0.3) is 0 Å². The van der Waals surface area contributed by atoms with Crippen molar-refractivity contribution < 1.29 is 4.79 Å². The van der Waals surface area contributed by atoms with Gasteiger partial charge in [0.05, 0.1) is 23.3 Å². The van der Waals surface area contributed by atoms with Gasteiger partial charge in [-0.3, -0.25) is 9.69 Å². The Morgan fingerprint density at radius 3 is 2.52 bits per heavy atom. The number of pyridine rings is 1. The van der Waals surface area contributed by atoms with E-state index in [0.29, 0.717) is 12.4 Å². The molecule has 2 aromatic heterocycles. The number of nitrogens with one attached hydrogen (secondary N) is 1. The molecule has 0 fully saturated rings. The van der Waals surface area contributed by atoms with Crippen molar-refractivity contribution in [3.8, 4) is 0 Å². The van der Waals surface area contributed by atoms with Crippen LogP contribution < -0.4 is 4.90 Å². The quantitative estimate of drug-likeness (QED) is 0.512. The van der Waals surface area contributed by atoms with Crippen molar-refractivity contribution >= 4 is 34.5 Å². The third kappa shape index (κ3) is 4.17. The number of imidazole rings is 1. The first kappa shape index (κ1) is 17.3. The molecule has 6 heteroatoms. The average Bonchev–Trinajstić information content (AvgIpc) is 3.15. The largest absolute Gasteiger partial charge is 0.333 e. The monoisotopic (exact) mass is 374 g/mol. The molecule has 0 saturated heterocycles. The number of hydrogen-bond donors (Lipinski definition) is 1. The van der Waals surface area contributed by atoms with Crippen molar-refractivity contribution in [2.45, 2.75) is 11.7 Å². The molecule has 0 aliphatic carbocycles. The normalized spacial score (nSPS) is 10.8. The Morgan fingerprint density at radius 2 is 1.74 bits per heavy atom. The van der Waals surface area contributed by atoms with Gasteiger partial charge in [0, 0.05) is 6.20 Å². The van der Waals surface area contributed by atoms with E-state index in [-0.39, 0.29) is 11.7 Å². The van der Waals surface area contributed by atoms with E-state index >= 15 is 0 Å². The maximum absolute atomic E-state index is 13.0. The molecule has 0 saturated carbocycles. The summed E-state index contributed by atoms with van der Waals surface area (Å²) in [6, 6.07) is 23.4. The van der Waals surface area contributed by atoms with Gasteiger partial charge in [-0.25, -0.2) is 9.97 Å². The Balaban J connectivity index is 1.51. The molecule has 0 aliphatic heterocycles. The van der Waals surface area contributed by atoms with Gasteiger partial charge in [0.15, 0.2) is 5.16 Å². The topological polar surface area (TPSA) is 61.9 Å². The predicted molar refractivity (Wildman–Crippen MR) is 109 cm³/mol. The van der Waals surface area contributed by atoms with Crippen LogP contribution in [0.1, 0.15) is 5.56 Å². The second-order valence-corrected chi connectivity index (χ2v) is 6.97. The zero-order valence-electron chi connectivity index (χ0n) is 14.6.